The van der Waals surface area contributed by atoms with Crippen LogP contribution in [0.2, 0.25) is 0 Å². The molecule has 0 atom stereocenters. The predicted molar refractivity (Wildman–Crippen MR) is 63.9 cm³/mol. The highest BCUT2D eigenvalue weighted by molar-refractivity contribution is 7.16. The van der Waals surface area contributed by atoms with Gasteiger partial charge in [-0.2, -0.15) is 5.26 Å². The van der Waals surface area contributed by atoms with Crippen LogP contribution in [0.3, 0.4) is 0 Å². The second-order valence-electron chi connectivity index (χ2n) is 3.46. The molecule has 2 rings (SSSR count). The summed E-state index contributed by atoms with van der Waals surface area (Å²) in [6.45, 7) is 3.88. The van der Waals surface area contributed by atoms with E-state index in [1.54, 1.807) is 6.07 Å². The Morgan fingerprint density at radius 3 is 2.62 bits per heavy atom. The summed E-state index contributed by atoms with van der Waals surface area (Å²) >= 11 is 1.41. The molecular formula is C11H10N4S. The van der Waals surface area contributed by atoms with E-state index in [4.69, 9.17) is 11.0 Å². The Kier molecular flexibility index (Phi) is 2.59. The molecule has 0 unspecified atom stereocenters. The largest absolute Gasteiger partial charge is 0.382 e. The summed E-state index contributed by atoms with van der Waals surface area (Å²) in [4.78, 5) is 1.62. The number of hydrogen-bond donors (Lipinski definition) is 1. The normalized spacial score (nSPS) is 10.1. The van der Waals surface area contributed by atoms with Gasteiger partial charge in [0.25, 0.3) is 0 Å². The van der Waals surface area contributed by atoms with Crippen LogP contribution in [0, 0.1) is 25.2 Å². The van der Waals surface area contributed by atoms with E-state index in [9.17, 15) is 0 Å². The molecule has 2 heterocycles. The SMILES string of the molecule is Cc1c(N)nnc(-c2ccc(C#N)s2)c1C. The summed E-state index contributed by atoms with van der Waals surface area (Å²) < 4.78 is 0. The van der Waals surface area contributed by atoms with Gasteiger partial charge >= 0.3 is 0 Å². The lowest BCUT2D eigenvalue weighted by atomic mass is 10.1. The number of nitrogens with two attached hydrogens (primary N) is 1. The van der Waals surface area contributed by atoms with Gasteiger partial charge in [-0.3, -0.25) is 0 Å². The lowest BCUT2D eigenvalue weighted by molar-refractivity contribution is 1.02. The molecule has 0 radical (unpaired) electrons. The average Bonchev–Trinajstić information content (AvgIpc) is 2.74. The van der Waals surface area contributed by atoms with E-state index in [1.807, 2.05) is 19.9 Å². The second kappa shape index (κ2) is 3.91. The molecule has 2 aromatic heterocycles. The Morgan fingerprint density at radius 1 is 1.25 bits per heavy atom. The van der Waals surface area contributed by atoms with Crippen molar-refractivity contribution >= 4 is 17.2 Å². The first kappa shape index (κ1) is 10.6. The van der Waals surface area contributed by atoms with Crippen LogP contribution in [0.15, 0.2) is 12.1 Å². The molecule has 0 saturated heterocycles. The summed E-state index contributed by atoms with van der Waals surface area (Å²) in [6.07, 6.45) is 0. The standard InChI is InChI=1S/C11H10N4S/c1-6-7(2)11(13)15-14-10(6)9-4-3-8(5-12)16-9/h3-4H,1-2H3,(H2,13,15). The average molecular weight is 230 g/mol. The Balaban J connectivity index is 2.57. The van der Waals surface area contributed by atoms with Gasteiger partial charge in [-0.05, 0) is 37.1 Å². The Hall–Kier alpha value is -1.93. The molecule has 0 aromatic carbocycles. The maximum Gasteiger partial charge on any atom is 0.149 e. The van der Waals surface area contributed by atoms with Crippen LogP contribution in [0.5, 0.6) is 0 Å². The van der Waals surface area contributed by atoms with Crippen molar-refractivity contribution in [1.82, 2.24) is 10.2 Å². The molecule has 5 heteroatoms. The minimum atomic E-state index is 0.457. The minimum absolute atomic E-state index is 0.457. The Morgan fingerprint density at radius 2 is 2.00 bits per heavy atom. The monoisotopic (exact) mass is 230 g/mol. The van der Waals surface area contributed by atoms with E-state index < -0.39 is 0 Å². The third-order valence-corrected chi connectivity index (χ3v) is 3.51. The first-order valence-electron chi connectivity index (χ1n) is 4.73. The third kappa shape index (κ3) is 1.64. The number of anilines is 1. The van der Waals surface area contributed by atoms with E-state index in [-0.39, 0.29) is 0 Å². The number of hydrogen-bond acceptors (Lipinski definition) is 5. The van der Waals surface area contributed by atoms with Gasteiger partial charge in [-0.25, -0.2) is 0 Å². The summed E-state index contributed by atoms with van der Waals surface area (Å²) in [6, 6.07) is 5.78. The summed E-state index contributed by atoms with van der Waals surface area (Å²) in [7, 11) is 0. The van der Waals surface area contributed by atoms with Crippen molar-refractivity contribution < 1.29 is 0 Å². The molecular weight excluding hydrogens is 220 g/mol. The first-order chi connectivity index (χ1) is 7.63. The second-order valence-corrected chi connectivity index (χ2v) is 4.54. The first-order valence-corrected chi connectivity index (χ1v) is 5.54. The van der Waals surface area contributed by atoms with Crippen LogP contribution in [0.4, 0.5) is 5.82 Å². The zero-order chi connectivity index (χ0) is 11.7. The van der Waals surface area contributed by atoms with Gasteiger partial charge in [0.05, 0.1) is 4.88 Å². The van der Waals surface area contributed by atoms with Gasteiger partial charge < -0.3 is 5.73 Å². The van der Waals surface area contributed by atoms with Crippen LogP contribution in [0.25, 0.3) is 10.6 Å². The number of aromatic nitrogens is 2. The topological polar surface area (TPSA) is 75.6 Å². The fourth-order valence-corrected chi connectivity index (χ4v) is 2.23. The van der Waals surface area contributed by atoms with Crippen molar-refractivity contribution in [3.05, 3.63) is 28.1 Å². The van der Waals surface area contributed by atoms with Gasteiger partial charge in [0, 0.05) is 0 Å². The predicted octanol–water partition coefficient (Wildman–Crippen LogP) is 2.28. The van der Waals surface area contributed by atoms with Gasteiger partial charge in [0.1, 0.15) is 22.5 Å². The molecule has 0 bridgehead atoms. The highest BCUT2D eigenvalue weighted by atomic mass is 32.1. The fourth-order valence-electron chi connectivity index (χ4n) is 1.38. The highest BCUT2D eigenvalue weighted by Crippen LogP contribution is 2.30. The Bertz CT molecular complexity index is 580. The molecule has 0 aliphatic carbocycles. The lowest BCUT2D eigenvalue weighted by Crippen LogP contribution is -2.01. The molecule has 2 N–H and O–H groups in total. The van der Waals surface area contributed by atoms with Crippen LogP contribution in [-0.2, 0) is 0 Å². The molecule has 0 aliphatic rings. The molecule has 16 heavy (non-hydrogen) atoms. The summed E-state index contributed by atoms with van der Waals surface area (Å²) in [5.74, 6) is 0.457. The van der Waals surface area contributed by atoms with Crippen LogP contribution < -0.4 is 5.73 Å². The van der Waals surface area contributed by atoms with Crippen LogP contribution in [-0.4, -0.2) is 10.2 Å². The maximum atomic E-state index is 8.77. The minimum Gasteiger partial charge on any atom is -0.382 e. The number of nitrogen functional groups attached to an aromatic ring is 1. The quantitative estimate of drug-likeness (QED) is 0.815. The van der Waals surface area contributed by atoms with Crippen molar-refractivity contribution in [1.29, 1.82) is 5.26 Å². The molecule has 0 spiro atoms. The highest BCUT2D eigenvalue weighted by Gasteiger charge is 2.11. The van der Waals surface area contributed by atoms with Crippen molar-refractivity contribution in [3.63, 3.8) is 0 Å². The zero-order valence-electron chi connectivity index (χ0n) is 8.98. The van der Waals surface area contributed by atoms with E-state index in [1.165, 1.54) is 11.3 Å². The van der Waals surface area contributed by atoms with Crippen LogP contribution in [0.1, 0.15) is 16.0 Å². The Labute approximate surface area is 97.4 Å². The maximum absolute atomic E-state index is 8.77. The van der Waals surface area contributed by atoms with Crippen molar-refractivity contribution in [2.24, 2.45) is 0 Å². The fraction of sp³-hybridized carbons (Fsp3) is 0.182. The third-order valence-electron chi connectivity index (χ3n) is 2.51. The van der Waals surface area contributed by atoms with Crippen molar-refractivity contribution in [2.45, 2.75) is 13.8 Å². The smallest absolute Gasteiger partial charge is 0.149 e. The summed E-state index contributed by atoms with van der Waals surface area (Å²) in [5, 5.41) is 16.8. The summed E-state index contributed by atoms with van der Waals surface area (Å²) in [5.41, 5.74) is 8.43. The van der Waals surface area contributed by atoms with Gasteiger partial charge in [0.2, 0.25) is 0 Å². The van der Waals surface area contributed by atoms with E-state index in [0.717, 1.165) is 21.7 Å². The van der Waals surface area contributed by atoms with Gasteiger partial charge in [-0.1, -0.05) is 0 Å². The molecule has 4 nitrogen and oxygen atoms in total. The van der Waals surface area contributed by atoms with Crippen molar-refractivity contribution in [3.8, 4) is 16.6 Å². The molecule has 0 fully saturated rings. The number of nitrogens with zero attached hydrogens (tertiary/aromatic N) is 3. The molecule has 2 aromatic rings. The van der Waals surface area contributed by atoms with Gasteiger partial charge in [-0.15, -0.1) is 21.5 Å². The lowest BCUT2D eigenvalue weighted by Gasteiger charge is -2.06. The van der Waals surface area contributed by atoms with Crippen molar-refractivity contribution in [2.75, 3.05) is 5.73 Å². The van der Waals surface area contributed by atoms with E-state index >= 15 is 0 Å². The van der Waals surface area contributed by atoms with E-state index in [2.05, 4.69) is 16.3 Å². The molecule has 80 valence electrons. The van der Waals surface area contributed by atoms with Gasteiger partial charge in [0.15, 0.2) is 0 Å². The molecule has 0 amide bonds. The van der Waals surface area contributed by atoms with Crippen LogP contribution >= 0.6 is 11.3 Å². The molecule has 0 aliphatic heterocycles. The number of rotatable bonds is 1. The van der Waals surface area contributed by atoms with E-state index in [0.29, 0.717) is 10.7 Å². The zero-order valence-corrected chi connectivity index (χ0v) is 9.80. The number of nitriles is 1. The number of thiophene rings is 1. The molecule has 0 saturated carbocycles.